The Morgan fingerprint density at radius 1 is 1.47 bits per heavy atom. The molecule has 0 saturated carbocycles. The van der Waals surface area contributed by atoms with Crippen molar-refractivity contribution in [1.82, 2.24) is 24.7 Å². The Kier molecular flexibility index (Phi) is 4.42. The zero-order chi connectivity index (χ0) is 13.7. The van der Waals surface area contributed by atoms with E-state index < -0.39 is 0 Å². The first kappa shape index (κ1) is 13.4. The normalized spacial score (nSPS) is 14.4. The van der Waals surface area contributed by atoms with Crippen molar-refractivity contribution >= 4 is 12.2 Å². The van der Waals surface area contributed by atoms with E-state index in [1.165, 1.54) is 11.3 Å². The molecule has 1 aromatic rings. The van der Waals surface area contributed by atoms with Crippen molar-refractivity contribution in [2.45, 2.75) is 33.2 Å². The summed E-state index contributed by atoms with van der Waals surface area (Å²) in [6, 6.07) is 1.95. The molecule has 19 heavy (non-hydrogen) atoms. The van der Waals surface area contributed by atoms with Gasteiger partial charge in [0.2, 0.25) is 0 Å². The van der Waals surface area contributed by atoms with Crippen molar-refractivity contribution < 1.29 is 0 Å². The molecule has 0 aromatic carbocycles. The van der Waals surface area contributed by atoms with E-state index in [0.717, 1.165) is 31.9 Å². The number of guanidine groups is 1. The van der Waals surface area contributed by atoms with Crippen LogP contribution in [-0.4, -0.2) is 40.4 Å². The van der Waals surface area contributed by atoms with Crippen LogP contribution in [0.4, 0.5) is 0 Å². The molecule has 0 atom stereocenters. The highest BCUT2D eigenvalue weighted by atomic mass is 15.3. The van der Waals surface area contributed by atoms with E-state index in [4.69, 9.17) is 0 Å². The molecule has 0 bridgehead atoms. The largest absolute Gasteiger partial charge is 0.445 e. The van der Waals surface area contributed by atoms with E-state index in [1.54, 1.807) is 0 Å². The number of nitrogens with one attached hydrogen (secondary N) is 1. The van der Waals surface area contributed by atoms with Crippen molar-refractivity contribution in [2.75, 3.05) is 13.6 Å². The fraction of sp³-hybridized carbons (Fsp3) is 0.500. The molecule has 0 unspecified atom stereocenters. The molecule has 0 spiro atoms. The topological polar surface area (TPSA) is 47.2 Å². The van der Waals surface area contributed by atoms with Gasteiger partial charge in [-0.15, -0.1) is 0 Å². The monoisotopic (exact) mass is 260 g/mol. The number of hydrogen-bond donors (Lipinski definition) is 1. The Morgan fingerprint density at radius 2 is 2.32 bits per heavy atom. The number of rotatable bonds is 5. The third-order valence-corrected chi connectivity index (χ3v) is 3.27. The average Bonchev–Trinajstić information content (AvgIpc) is 2.92. The Bertz CT molecular complexity index is 506. The van der Waals surface area contributed by atoms with Gasteiger partial charge in [-0.25, -0.2) is 9.98 Å². The van der Waals surface area contributed by atoms with Crippen molar-refractivity contribution in [3.8, 4) is 0 Å². The van der Waals surface area contributed by atoms with Gasteiger partial charge in [0.1, 0.15) is 0 Å². The van der Waals surface area contributed by atoms with E-state index >= 15 is 0 Å². The first-order chi connectivity index (χ1) is 9.20. The molecular formula is C14H22N5+. The fourth-order valence-corrected chi connectivity index (χ4v) is 2.07. The van der Waals surface area contributed by atoms with Gasteiger partial charge in [0.15, 0.2) is 6.21 Å². The molecular weight excluding hydrogens is 238 g/mol. The molecule has 1 aliphatic heterocycles. The second-order valence-electron chi connectivity index (χ2n) is 4.77. The highest BCUT2D eigenvalue weighted by molar-refractivity contribution is 5.91. The molecule has 2 heterocycles. The number of allylic oxidation sites excluding steroid dienone is 2. The summed E-state index contributed by atoms with van der Waals surface area (Å²) in [6.45, 7) is 6.13. The molecule has 5 nitrogen and oxygen atoms in total. The van der Waals surface area contributed by atoms with Gasteiger partial charge in [-0.3, -0.25) is 9.58 Å². The number of aromatic nitrogens is 2. The lowest BCUT2D eigenvalue weighted by molar-refractivity contribution is 0.439. The number of nitrogens with zero attached hydrogens (tertiary/aromatic N) is 4. The van der Waals surface area contributed by atoms with Crippen LogP contribution in [-0.2, 0) is 6.54 Å². The summed E-state index contributed by atoms with van der Waals surface area (Å²) in [5, 5.41) is 7.60. The maximum absolute atomic E-state index is 4.45. The Balaban J connectivity index is 1.84. The predicted octanol–water partition coefficient (Wildman–Crippen LogP) is 0.986. The van der Waals surface area contributed by atoms with Crippen LogP contribution >= 0.6 is 0 Å². The van der Waals surface area contributed by atoms with E-state index in [-0.39, 0.29) is 0 Å². The van der Waals surface area contributed by atoms with Crippen molar-refractivity contribution in [1.29, 1.82) is 0 Å². The van der Waals surface area contributed by atoms with Crippen LogP contribution in [0.15, 0.2) is 29.7 Å². The van der Waals surface area contributed by atoms with E-state index in [2.05, 4.69) is 40.9 Å². The molecule has 0 fully saturated rings. The third kappa shape index (κ3) is 3.48. The minimum Gasteiger partial charge on any atom is -0.273 e. The number of hydrogen-bond acceptors (Lipinski definition) is 3. The molecule has 0 aliphatic carbocycles. The molecule has 0 saturated heterocycles. The van der Waals surface area contributed by atoms with Crippen LogP contribution in [0.2, 0.25) is 0 Å². The van der Waals surface area contributed by atoms with Crippen LogP contribution in [0.25, 0.3) is 0 Å². The first-order valence-electron chi connectivity index (χ1n) is 6.77. The minimum absolute atomic E-state index is 0.933. The summed E-state index contributed by atoms with van der Waals surface area (Å²) >= 11 is 0. The fourth-order valence-electron chi connectivity index (χ4n) is 2.07. The second kappa shape index (κ2) is 6.25. The molecule has 102 valence electrons. The first-order valence-corrected chi connectivity index (χ1v) is 6.77. The second-order valence-corrected chi connectivity index (χ2v) is 4.77. The van der Waals surface area contributed by atoms with E-state index in [0.29, 0.717) is 0 Å². The lowest BCUT2D eigenvalue weighted by atomic mass is 10.2. The smallest absolute Gasteiger partial charge is 0.273 e. The highest BCUT2D eigenvalue weighted by Crippen LogP contribution is 2.05. The number of aryl methyl sites for hydroxylation is 1. The van der Waals surface area contributed by atoms with Gasteiger partial charge in [0.25, 0.3) is 0 Å². The summed E-state index contributed by atoms with van der Waals surface area (Å²) in [7, 11) is 2.07. The molecule has 0 amide bonds. The summed E-state index contributed by atoms with van der Waals surface area (Å²) in [5.41, 5.74) is 2.47. The maximum atomic E-state index is 4.45. The van der Waals surface area contributed by atoms with Crippen LogP contribution in [0, 0.1) is 0 Å². The van der Waals surface area contributed by atoms with E-state index in [9.17, 15) is 0 Å². The lowest BCUT2D eigenvalue weighted by Crippen LogP contribution is -2.42. The van der Waals surface area contributed by atoms with Gasteiger partial charge in [-0.05, 0) is 25.8 Å². The highest BCUT2D eigenvalue weighted by Gasteiger charge is 2.20. The van der Waals surface area contributed by atoms with Gasteiger partial charge in [-0.2, -0.15) is 5.10 Å². The zero-order valence-corrected chi connectivity index (χ0v) is 11.9. The summed E-state index contributed by atoms with van der Waals surface area (Å²) < 4.78 is 6.41. The molecule has 1 aromatic heterocycles. The van der Waals surface area contributed by atoms with Gasteiger partial charge in [0.05, 0.1) is 19.3 Å². The predicted molar refractivity (Wildman–Crippen MR) is 78.8 cm³/mol. The Morgan fingerprint density at radius 3 is 3.00 bits per heavy atom. The van der Waals surface area contributed by atoms with Crippen molar-refractivity contribution in [3.05, 3.63) is 29.7 Å². The van der Waals surface area contributed by atoms with Gasteiger partial charge in [-0.1, -0.05) is 6.92 Å². The van der Waals surface area contributed by atoms with Crippen LogP contribution in [0.1, 0.15) is 26.7 Å². The summed E-state index contributed by atoms with van der Waals surface area (Å²) in [4.78, 5) is 2.15. The van der Waals surface area contributed by atoms with Crippen LogP contribution in [0.3, 0.4) is 0 Å². The lowest BCUT2D eigenvalue weighted by Gasteiger charge is -2.15. The standard InChI is InChI=1S/C14H21N5/c1-4-13-12(2)11-15-14(17-13)18(3)8-6-10-19-9-5-7-16-19/h5,7,9,11H,4,6,8,10H2,1-3H3/p+1. The zero-order valence-electron chi connectivity index (χ0n) is 11.9. The van der Waals surface area contributed by atoms with Crippen LogP contribution < -0.4 is 9.98 Å². The van der Waals surface area contributed by atoms with E-state index in [1.807, 2.05) is 29.4 Å². The average molecular weight is 260 g/mol. The molecule has 1 aliphatic rings. The molecule has 2 rings (SSSR count). The molecule has 5 heteroatoms. The third-order valence-electron chi connectivity index (χ3n) is 3.27. The van der Waals surface area contributed by atoms with Gasteiger partial charge < -0.3 is 0 Å². The molecule has 1 N–H and O–H groups in total. The summed E-state index contributed by atoms with van der Waals surface area (Å²) in [5.74, 6) is 0.933. The summed E-state index contributed by atoms with van der Waals surface area (Å²) in [6.07, 6.45) is 7.79. The van der Waals surface area contributed by atoms with Crippen molar-refractivity contribution in [3.63, 3.8) is 0 Å². The molecule has 0 radical (unpaired) electrons. The Hall–Kier alpha value is -2.00. The SMILES string of the molecule is CCC1=C(C)C=[N+]=C(N(C)CCCn2cccn2)N1. The Labute approximate surface area is 114 Å². The van der Waals surface area contributed by atoms with Crippen molar-refractivity contribution in [2.24, 2.45) is 0 Å². The minimum atomic E-state index is 0.933. The quantitative estimate of drug-likeness (QED) is 0.803. The van der Waals surface area contributed by atoms with Crippen LogP contribution in [0.5, 0.6) is 0 Å². The van der Waals surface area contributed by atoms with Gasteiger partial charge in [0, 0.05) is 24.5 Å². The maximum Gasteiger partial charge on any atom is 0.445 e. The van der Waals surface area contributed by atoms with Gasteiger partial charge >= 0.3 is 5.96 Å².